The lowest BCUT2D eigenvalue weighted by molar-refractivity contribution is 0.0343. The summed E-state index contributed by atoms with van der Waals surface area (Å²) in [5, 5.41) is 1.10. The Labute approximate surface area is 123 Å². The fraction of sp³-hybridized carbons (Fsp3) is 0.471. The molecule has 4 rings (SSSR count). The molecule has 0 amide bonds. The molecule has 1 aliphatic carbocycles. The fourth-order valence-corrected chi connectivity index (χ4v) is 3.43. The van der Waals surface area contributed by atoms with E-state index in [2.05, 4.69) is 17.0 Å². The van der Waals surface area contributed by atoms with Gasteiger partial charge in [0.1, 0.15) is 5.58 Å². The van der Waals surface area contributed by atoms with Crippen LogP contribution in [0.25, 0.3) is 11.0 Å². The van der Waals surface area contributed by atoms with Crippen LogP contribution in [0.1, 0.15) is 23.1 Å². The summed E-state index contributed by atoms with van der Waals surface area (Å²) in [5.74, 6) is 0. The third-order valence-corrected chi connectivity index (χ3v) is 4.54. The van der Waals surface area contributed by atoms with Gasteiger partial charge < -0.3 is 9.15 Å². The van der Waals surface area contributed by atoms with E-state index in [0.717, 1.165) is 62.2 Å². The zero-order valence-electron chi connectivity index (χ0n) is 12.1. The van der Waals surface area contributed by atoms with Crippen LogP contribution in [-0.4, -0.2) is 31.2 Å². The van der Waals surface area contributed by atoms with Gasteiger partial charge in [0.25, 0.3) is 0 Å². The zero-order valence-corrected chi connectivity index (χ0v) is 12.1. The van der Waals surface area contributed by atoms with Gasteiger partial charge >= 0.3 is 5.63 Å². The maximum Gasteiger partial charge on any atom is 0.336 e. The molecule has 1 aliphatic heterocycles. The van der Waals surface area contributed by atoms with Crippen molar-refractivity contribution in [2.75, 3.05) is 26.3 Å². The predicted octanol–water partition coefficient (Wildman–Crippen LogP) is 2.11. The molecule has 4 heteroatoms. The Bertz CT molecular complexity index is 729. The number of nitrogens with zero attached hydrogens (tertiary/aromatic N) is 1. The molecule has 110 valence electrons. The van der Waals surface area contributed by atoms with Crippen LogP contribution in [0.3, 0.4) is 0 Å². The van der Waals surface area contributed by atoms with Gasteiger partial charge in [-0.15, -0.1) is 0 Å². The lowest BCUT2D eigenvalue weighted by atomic mass is 10.0. The highest BCUT2D eigenvalue weighted by molar-refractivity contribution is 5.82. The van der Waals surface area contributed by atoms with Crippen molar-refractivity contribution in [2.45, 2.75) is 25.8 Å². The third kappa shape index (κ3) is 2.49. The Kier molecular flexibility index (Phi) is 3.28. The molecule has 0 atom stereocenters. The molecule has 1 saturated heterocycles. The second-order valence-corrected chi connectivity index (χ2v) is 5.95. The molecule has 0 spiro atoms. The van der Waals surface area contributed by atoms with E-state index in [1.165, 1.54) is 17.5 Å². The Morgan fingerprint density at radius 2 is 1.81 bits per heavy atom. The first-order chi connectivity index (χ1) is 10.3. The molecular formula is C17H19NO3. The van der Waals surface area contributed by atoms with E-state index in [-0.39, 0.29) is 5.63 Å². The minimum atomic E-state index is -0.247. The van der Waals surface area contributed by atoms with E-state index in [1.54, 1.807) is 6.07 Å². The van der Waals surface area contributed by atoms with Crippen molar-refractivity contribution in [3.8, 4) is 0 Å². The lowest BCUT2D eigenvalue weighted by Crippen LogP contribution is -2.35. The van der Waals surface area contributed by atoms with Gasteiger partial charge in [-0.25, -0.2) is 4.79 Å². The Morgan fingerprint density at radius 1 is 1.05 bits per heavy atom. The maximum atomic E-state index is 11.8. The molecule has 0 N–H and O–H groups in total. The van der Waals surface area contributed by atoms with Gasteiger partial charge in [-0.05, 0) is 48.1 Å². The number of hydrogen-bond donors (Lipinski definition) is 0. The maximum absolute atomic E-state index is 11.8. The average molecular weight is 285 g/mol. The van der Waals surface area contributed by atoms with E-state index in [4.69, 9.17) is 9.15 Å². The number of hydrogen-bond acceptors (Lipinski definition) is 4. The molecule has 0 bridgehead atoms. The van der Waals surface area contributed by atoms with Crippen LogP contribution in [-0.2, 0) is 24.1 Å². The average Bonchev–Trinajstić information content (AvgIpc) is 2.93. The highest BCUT2D eigenvalue weighted by Gasteiger charge is 2.17. The van der Waals surface area contributed by atoms with E-state index < -0.39 is 0 Å². The number of aryl methyl sites for hydroxylation is 2. The first-order valence-electron chi connectivity index (χ1n) is 7.68. The summed E-state index contributed by atoms with van der Waals surface area (Å²) in [6.07, 6.45) is 3.44. The van der Waals surface area contributed by atoms with Crippen LogP contribution < -0.4 is 5.63 Å². The summed E-state index contributed by atoms with van der Waals surface area (Å²) in [5.41, 5.74) is 4.33. The first kappa shape index (κ1) is 13.0. The fourth-order valence-electron chi connectivity index (χ4n) is 3.43. The van der Waals surface area contributed by atoms with E-state index in [9.17, 15) is 4.79 Å². The van der Waals surface area contributed by atoms with Gasteiger partial charge in [0, 0.05) is 31.1 Å². The zero-order chi connectivity index (χ0) is 14.2. The van der Waals surface area contributed by atoms with Gasteiger partial charge in [-0.1, -0.05) is 0 Å². The molecule has 2 heterocycles. The summed E-state index contributed by atoms with van der Waals surface area (Å²) >= 11 is 0. The lowest BCUT2D eigenvalue weighted by Gasteiger charge is -2.26. The van der Waals surface area contributed by atoms with Gasteiger partial charge in [0.2, 0.25) is 0 Å². The van der Waals surface area contributed by atoms with Crippen LogP contribution in [0.15, 0.2) is 27.4 Å². The minimum absolute atomic E-state index is 0.247. The minimum Gasteiger partial charge on any atom is -0.423 e. The molecule has 4 nitrogen and oxygen atoms in total. The summed E-state index contributed by atoms with van der Waals surface area (Å²) < 4.78 is 10.8. The third-order valence-electron chi connectivity index (χ3n) is 4.54. The molecule has 0 unspecified atom stereocenters. The predicted molar refractivity (Wildman–Crippen MR) is 80.6 cm³/mol. The van der Waals surface area contributed by atoms with Crippen molar-refractivity contribution in [3.63, 3.8) is 0 Å². The quantitative estimate of drug-likeness (QED) is 0.793. The number of benzene rings is 1. The standard InChI is InChI=1S/C17H19NO3/c19-17-10-14(11-18-4-6-20-7-5-18)15-8-12-2-1-3-13(12)9-16(15)21-17/h8-10H,1-7,11H2. The van der Waals surface area contributed by atoms with Crippen LogP contribution in [0, 0.1) is 0 Å². The van der Waals surface area contributed by atoms with Crippen molar-refractivity contribution < 1.29 is 9.15 Å². The van der Waals surface area contributed by atoms with E-state index in [0.29, 0.717) is 0 Å². The second kappa shape index (κ2) is 5.28. The number of ether oxygens (including phenoxy) is 1. The largest absolute Gasteiger partial charge is 0.423 e. The van der Waals surface area contributed by atoms with E-state index in [1.807, 2.05) is 0 Å². The van der Waals surface area contributed by atoms with Gasteiger partial charge in [0.05, 0.1) is 13.2 Å². The highest BCUT2D eigenvalue weighted by Crippen LogP contribution is 2.29. The monoisotopic (exact) mass is 285 g/mol. The van der Waals surface area contributed by atoms with Crippen LogP contribution in [0.5, 0.6) is 0 Å². The summed E-state index contributed by atoms with van der Waals surface area (Å²) in [6, 6.07) is 5.96. The molecule has 1 aromatic heterocycles. The summed E-state index contributed by atoms with van der Waals surface area (Å²) in [6.45, 7) is 4.19. The summed E-state index contributed by atoms with van der Waals surface area (Å²) in [4.78, 5) is 14.2. The van der Waals surface area contributed by atoms with Crippen LogP contribution in [0.4, 0.5) is 0 Å². The van der Waals surface area contributed by atoms with Crippen molar-refractivity contribution in [1.82, 2.24) is 4.90 Å². The molecule has 21 heavy (non-hydrogen) atoms. The molecule has 2 aromatic rings. The topological polar surface area (TPSA) is 42.7 Å². The van der Waals surface area contributed by atoms with Crippen molar-refractivity contribution in [3.05, 3.63) is 45.3 Å². The number of rotatable bonds is 2. The van der Waals surface area contributed by atoms with Gasteiger partial charge in [-0.2, -0.15) is 0 Å². The SMILES string of the molecule is O=c1cc(CN2CCOCC2)c2cc3c(cc2o1)CCC3. The molecule has 1 fully saturated rings. The van der Waals surface area contributed by atoms with Crippen molar-refractivity contribution >= 4 is 11.0 Å². The van der Waals surface area contributed by atoms with Crippen LogP contribution >= 0.6 is 0 Å². The van der Waals surface area contributed by atoms with Gasteiger partial charge in [0.15, 0.2) is 0 Å². The normalized spacial score (nSPS) is 19.0. The Morgan fingerprint density at radius 3 is 2.62 bits per heavy atom. The van der Waals surface area contributed by atoms with Gasteiger partial charge in [-0.3, -0.25) is 4.90 Å². The molecule has 2 aliphatic rings. The molecular weight excluding hydrogens is 266 g/mol. The molecule has 0 radical (unpaired) electrons. The van der Waals surface area contributed by atoms with Crippen LogP contribution in [0.2, 0.25) is 0 Å². The Hall–Kier alpha value is -1.65. The molecule has 0 saturated carbocycles. The second-order valence-electron chi connectivity index (χ2n) is 5.95. The first-order valence-corrected chi connectivity index (χ1v) is 7.68. The van der Waals surface area contributed by atoms with Crippen molar-refractivity contribution in [2.24, 2.45) is 0 Å². The van der Waals surface area contributed by atoms with Crippen molar-refractivity contribution in [1.29, 1.82) is 0 Å². The molecule has 1 aromatic carbocycles. The van der Waals surface area contributed by atoms with E-state index >= 15 is 0 Å². The Balaban J connectivity index is 1.77. The smallest absolute Gasteiger partial charge is 0.336 e. The highest BCUT2D eigenvalue weighted by atomic mass is 16.5. The number of morpholine rings is 1. The summed E-state index contributed by atoms with van der Waals surface area (Å²) in [7, 11) is 0. The number of fused-ring (bicyclic) bond motifs is 2.